The van der Waals surface area contributed by atoms with Gasteiger partial charge in [0.05, 0.1) is 0 Å². The standard InChI is InChI=1S/C11H13FN2/c12-10-5-3-9(4-6-10)11(13)14-7-1-2-8-14/h3-6,13H,1-2,7-8H2. The van der Waals surface area contributed by atoms with Gasteiger partial charge in [-0.25, -0.2) is 4.39 Å². The van der Waals surface area contributed by atoms with Gasteiger partial charge in [0.15, 0.2) is 0 Å². The van der Waals surface area contributed by atoms with E-state index in [1.54, 1.807) is 12.1 Å². The average molecular weight is 192 g/mol. The second kappa shape index (κ2) is 3.78. The molecule has 1 aliphatic rings. The molecule has 3 heteroatoms. The highest BCUT2D eigenvalue weighted by Crippen LogP contribution is 2.12. The maximum atomic E-state index is 12.6. The van der Waals surface area contributed by atoms with E-state index in [-0.39, 0.29) is 5.82 Å². The largest absolute Gasteiger partial charge is 0.357 e. The van der Waals surface area contributed by atoms with E-state index >= 15 is 0 Å². The smallest absolute Gasteiger partial charge is 0.128 e. The lowest BCUT2D eigenvalue weighted by atomic mass is 10.2. The maximum Gasteiger partial charge on any atom is 0.128 e. The van der Waals surface area contributed by atoms with Crippen molar-refractivity contribution in [1.29, 1.82) is 5.41 Å². The molecule has 0 saturated carbocycles. The third-order valence-electron chi connectivity index (χ3n) is 2.54. The molecule has 1 aromatic carbocycles. The fourth-order valence-electron chi connectivity index (χ4n) is 1.73. The molecule has 0 amide bonds. The lowest BCUT2D eigenvalue weighted by molar-refractivity contribution is 0.517. The van der Waals surface area contributed by atoms with Gasteiger partial charge in [-0.2, -0.15) is 0 Å². The molecule has 14 heavy (non-hydrogen) atoms. The van der Waals surface area contributed by atoms with Crippen LogP contribution in [0.3, 0.4) is 0 Å². The first-order chi connectivity index (χ1) is 6.77. The second-order valence-electron chi connectivity index (χ2n) is 3.55. The summed E-state index contributed by atoms with van der Waals surface area (Å²) in [5, 5.41) is 7.90. The van der Waals surface area contributed by atoms with E-state index in [0.717, 1.165) is 31.5 Å². The summed E-state index contributed by atoms with van der Waals surface area (Å²) in [4.78, 5) is 2.03. The zero-order chi connectivity index (χ0) is 9.97. The van der Waals surface area contributed by atoms with E-state index in [1.165, 1.54) is 12.1 Å². The minimum atomic E-state index is -0.247. The summed E-state index contributed by atoms with van der Waals surface area (Å²) >= 11 is 0. The molecule has 1 heterocycles. The molecule has 1 aromatic rings. The van der Waals surface area contributed by atoms with Crippen LogP contribution in [0.5, 0.6) is 0 Å². The van der Waals surface area contributed by atoms with E-state index in [0.29, 0.717) is 5.84 Å². The molecule has 1 aliphatic heterocycles. The van der Waals surface area contributed by atoms with Gasteiger partial charge in [-0.05, 0) is 37.1 Å². The Kier molecular flexibility index (Phi) is 2.48. The van der Waals surface area contributed by atoms with Gasteiger partial charge in [0.1, 0.15) is 11.7 Å². The van der Waals surface area contributed by atoms with Gasteiger partial charge >= 0.3 is 0 Å². The van der Waals surface area contributed by atoms with Crippen molar-refractivity contribution in [1.82, 2.24) is 4.90 Å². The summed E-state index contributed by atoms with van der Waals surface area (Å²) in [7, 11) is 0. The topological polar surface area (TPSA) is 27.1 Å². The zero-order valence-electron chi connectivity index (χ0n) is 7.96. The van der Waals surface area contributed by atoms with Crippen LogP contribution in [0.1, 0.15) is 18.4 Å². The van der Waals surface area contributed by atoms with E-state index in [2.05, 4.69) is 0 Å². The molecule has 1 fully saturated rings. The molecular formula is C11H13FN2. The molecule has 0 spiro atoms. The van der Waals surface area contributed by atoms with Crippen LogP contribution in [0.25, 0.3) is 0 Å². The summed E-state index contributed by atoms with van der Waals surface area (Å²) in [6.07, 6.45) is 2.31. The molecule has 1 N–H and O–H groups in total. The Morgan fingerprint density at radius 1 is 1.14 bits per heavy atom. The monoisotopic (exact) mass is 192 g/mol. The van der Waals surface area contributed by atoms with Crippen molar-refractivity contribution in [2.45, 2.75) is 12.8 Å². The first kappa shape index (κ1) is 9.19. The first-order valence-corrected chi connectivity index (χ1v) is 4.87. The van der Waals surface area contributed by atoms with E-state index < -0.39 is 0 Å². The summed E-state index contributed by atoms with van der Waals surface area (Å²) in [6.45, 7) is 1.91. The summed E-state index contributed by atoms with van der Waals surface area (Å²) in [5.41, 5.74) is 0.799. The van der Waals surface area contributed by atoms with Gasteiger partial charge in [-0.3, -0.25) is 5.41 Å². The Bertz CT molecular complexity index is 326. The van der Waals surface area contributed by atoms with E-state index in [1.807, 2.05) is 4.90 Å². The van der Waals surface area contributed by atoms with Gasteiger partial charge in [0.2, 0.25) is 0 Å². The predicted molar refractivity (Wildman–Crippen MR) is 54.0 cm³/mol. The zero-order valence-corrected chi connectivity index (χ0v) is 7.96. The fourth-order valence-corrected chi connectivity index (χ4v) is 1.73. The molecule has 0 aromatic heterocycles. The van der Waals surface area contributed by atoms with Crippen LogP contribution in [0.15, 0.2) is 24.3 Å². The van der Waals surface area contributed by atoms with E-state index in [4.69, 9.17) is 5.41 Å². The minimum absolute atomic E-state index is 0.247. The number of hydrogen-bond acceptors (Lipinski definition) is 1. The van der Waals surface area contributed by atoms with E-state index in [9.17, 15) is 4.39 Å². The Hall–Kier alpha value is -1.38. The number of rotatable bonds is 1. The minimum Gasteiger partial charge on any atom is -0.357 e. The summed E-state index contributed by atoms with van der Waals surface area (Å²) < 4.78 is 12.6. The van der Waals surface area contributed by atoms with Gasteiger partial charge in [0.25, 0.3) is 0 Å². The number of halogens is 1. The Morgan fingerprint density at radius 2 is 1.71 bits per heavy atom. The van der Waals surface area contributed by atoms with Crippen LogP contribution in [-0.2, 0) is 0 Å². The molecular weight excluding hydrogens is 179 g/mol. The molecule has 2 rings (SSSR count). The molecule has 74 valence electrons. The van der Waals surface area contributed by atoms with Gasteiger partial charge in [-0.15, -0.1) is 0 Å². The number of benzene rings is 1. The number of likely N-dealkylation sites (tertiary alicyclic amines) is 1. The Balaban J connectivity index is 2.14. The van der Waals surface area contributed by atoms with Crippen molar-refractivity contribution < 1.29 is 4.39 Å². The van der Waals surface area contributed by atoms with Crippen LogP contribution >= 0.6 is 0 Å². The van der Waals surface area contributed by atoms with Crippen molar-refractivity contribution in [3.63, 3.8) is 0 Å². The number of hydrogen-bond donors (Lipinski definition) is 1. The summed E-state index contributed by atoms with van der Waals surface area (Å²) in [6, 6.07) is 6.13. The quantitative estimate of drug-likeness (QED) is 0.536. The van der Waals surface area contributed by atoms with Crippen LogP contribution in [0, 0.1) is 11.2 Å². The van der Waals surface area contributed by atoms with Crippen molar-refractivity contribution in [2.75, 3.05) is 13.1 Å². The molecule has 0 radical (unpaired) electrons. The Morgan fingerprint density at radius 3 is 2.29 bits per heavy atom. The highest BCUT2D eigenvalue weighted by Gasteiger charge is 2.15. The average Bonchev–Trinajstić information content (AvgIpc) is 2.71. The van der Waals surface area contributed by atoms with Gasteiger partial charge in [0, 0.05) is 18.7 Å². The maximum absolute atomic E-state index is 12.6. The number of amidine groups is 1. The van der Waals surface area contributed by atoms with Crippen molar-refractivity contribution in [3.05, 3.63) is 35.6 Å². The predicted octanol–water partition coefficient (Wildman–Crippen LogP) is 2.25. The molecule has 0 atom stereocenters. The van der Waals surface area contributed by atoms with Gasteiger partial charge in [-0.1, -0.05) is 0 Å². The van der Waals surface area contributed by atoms with Crippen LogP contribution in [0.2, 0.25) is 0 Å². The van der Waals surface area contributed by atoms with Crippen molar-refractivity contribution in [3.8, 4) is 0 Å². The van der Waals surface area contributed by atoms with Crippen LogP contribution in [0.4, 0.5) is 4.39 Å². The highest BCUT2D eigenvalue weighted by molar-refractivity contribution is 5.96. The third-order valence-corrected chi connectivity index (χ3v) is 2.54. The molecule has 0 aliphatic carbocycles. The lowest BCUT2D eigenvalue weighted by Crippen LogP contribution is -2.27. The molecule has 2 nitrogen and oxygen atoms in total. The second-order valence-corrected chi connectivity index (χ2v) is 3.55. The normalized spacial score (nSPS) is 15.9. The third kappa shape index (κ3) is 1.76. The van der Waals surface area contributed by atoms with Crippen LogP contribution < -0.4 is 0 Å². The lowest BCUT2D eigenvalue weighted by Gasteiger charge is -2.18. The fraction of sp³-hybridized carbons (Fsp3) is 0.364. The first-order valence-electron chi connectivity index (χ1n) is 4.87. The SMILES string of the molecule is N=C(c1ccc(F)cc1)N1CCCC1. The highest BCUT2D eigenvalue weighted by atomic mass is 19.1. The molecule has 0 bridgehead atoms. The van der Waals surface area contributed by atoms with Gasteiger partial charge < -0.3 is 4.90 Å². The molecule has 0 unspecified atom stereocenters. The summed E-state index contributed by atoms with van der Waals surface area (Å²) in [5.74, 6) is 0.269. The molecule has 1 saturated heterocycles. The number of nitrogens with one attached hydrogen (secondary N) is 1. The van der Waals surface area contributed by atoms with Crippen molar-refractivity contribution >= 4 is 5.84 Å². The van der Waals surface area contributed by atoms with Crippen molar-refractivity contribution in [2.24, 2.45) is 0 Å². The number of nitrogens with zero attached hydrogens (tertiary/aromatic N) is 1. The van der Waals surface area contributed by atoms with Crippen LogP contribution in [-0.4, -0.2) is 23.8 Å². The Labute approximate surface area is 82.9 Å².